The molecule has 2 aromatic heterocycles. The third-order valence-corrected chi connectivity index (χ3v) is 4.57. The number of carbonyl (C=O) groups excluding carboxylic acids is 1. The van der Waals surface area contributed by atoms with E-state index in [2.05, 4.69) is 10.6 Å². The second-order valence-electron chi connectivity index (χ2n) is 6.29. The van der Waals surface area contributed by atoms with Crippen molar-refractivity contribution in [2.75, 3.05) is 12.4 Å². The van der Waals surface area contributed by atoms with Crippen LogP contribution in [0.1, 0.15) is 10.6 Å². The molecule has 4 aromatic rings. The lowest BCUT2D eigenvalue weighted by Gasteiger charge is -2.13. The van der Waals surface area contributed by atoms with Crippen molar-refractivity contribution in [1.82, 2.24) is 5.32 Å². The van der Waals surface area contributed by atoms with Gasteiger partial charge >= 0.3 is 5.63 Å². The number of methoxy groups -OCH3 is 1. The third kappa shape index (κ3) is 3.94. The second kappa shape index (κ2) is 8.22. The van der Waals surface area contributed by atoms with E-state index in [9.17, 15) is 9.59 Å². The number of furan rings is 1. The molecule has 0 aliphatic carbocycles. The Morgan fingerprint density at radius 2 is 1.87 bits per heavy atom. The van der Waals surface area contributed by atoms with Crippen molar-refractivity contribution in [1.29, 1.82) is 0 Å². The minimum Gasteiger partial charge on any atom is -0.496 e. The minimum atomic E-state index is -0.464. The molecule has 2 heterocycles. The summed E-state index contributed by atoms with van der Waals surface area (Å²) in [7, 11) is 1.50. The van der Waals surface area contributed by atoms with Crippen molar-refractivity contribution in [2.24, 2.45) is 0 Å². The van der Waals surface area contributed by atoms with E-state index in [0.29, 0.717) is 28.1 Å². The molecule has 0 fully saturated rings. The molecule has 0 saturated heterocycles. The first-order valence-electron chi connectivity index (χ1n) is 8.92. The SMILES string of the molecule is COc1cc(NC(=S)NC(=O)c2ccco2)ccc1-c1cc2ccccc2oc1=O. The number of fused-ring (bicyclic) bond motifs is 1. The van der Waals surface area contributed by atoms with Crippen LogP contribution >= 0.6 is 12.2 Å². The zero-order valence-corrected chi connectivity index (χ0v) is 16.6. The van der Waals surface area contributed by atoms with Crippen molar-refractivity contribution >= 4 is 39.9 Å². The lowest BCUT2D eigenvalue weighted by molar-refractivity contribution is 0.0950. The Balaban J connectivity index is 1.59. The first-order chi connectivity index (χ1) is 14.5. The second-order valence-corrected chi connectivity index (χ2v) is 6.69. The first-order valence-corrected chi connectivity index (χ1v) is 9.33. The lowest BCUT2D eigenvalue weighted by atomic mass is 10.0. The van der Waals surface area contributed by atoms with Crippen LogP contribution in [0, 0.1) is 0 Å². The summed E-state index contributed by atoms with van der Waals surface area (Å²) in [5, 5.41) is 6.33. The van der Waals surface area contributed by atoms with E-state index < -0.39 is 11.5 Å². The number of thiocarbonyl (C=S) groups is 1. The summed E-state index contributed by atoms with van der Waals surface area (Å²) < 4.78 is 15.9. The molecule has 8 heteroatoms. The van der Waals surface area contributed by atoms with E-state index in [1.54, 1.807) is 42.5 Å². The number of anilines is 1. The highest BCUT2D eigenvalue weighted by Crippen LogP contribution is 2.32. The molecule has 2 N–H and O–H groups in total. The van der Waals surface area contributed by atoms with Crippen molar-refractivity contribution in [2.45, 2.75) is 0 Å². The van der Waals surface area contributed by atoms with E-state index >= 15 is 0 Å². The summed E-state index contributed by atoms with van der Waals surface area (Å²) in [4.78, 5) is 24.5. The zero-order valence-electron chi connectivity index (χ0n) is 15.8. The summed E-state index contributed by atoms with van der Waals surface area (Å²) in [5.74, 6) is 0.132. The summed E-state index contributed by atoms with van der Waals surface area (Å²) in [6.07, 6.45) is 1.40. The maximum Gasteiger partial charge on any atom is 0.344 e. The monoisotopic (exact) mass is 420 g/mol. The number of hydrogen-bond donors (Lipinski definition) is 2. The van der Waals surface area contributed by atoms with Gasteiger partial charge in [-0.05, 0) is 48.6 Å². The molecular weight excluding hydrogens is 404 g/mol. The number of rotatable bonds is 4. The van der Waals surface area contributed by atoms with Gasteiger partial charge in [-0.15, -0.1) is 0 Å². The van der Waals surface area contributed by atoms with Crippen molar-refractivity contribution in [3.05, 3.63) is 83.1 Å². The third-order valence-electron chi connectivity index (χ3n) is 4.36. The fraction of sp³-hybridized carbons (Fsp3) is 0.0455. The molecule has 0 bridgehead atoms. The highest BCUT2D eigenvalue weighted by Gasteiger charge is 2.15. The number of para-hydroxylation sites is 1. The van der Waals surface area contributed by atoms with Crippen LogP contribution in [0.3, 0.4) is 0 Å². The van der Waals surface area contributed by atoms with Gasteiger partial charge in [0.15, 0.2) is 10.9 Å². The molecule has 7 nitrogen and oxygen atoms in total. The van der Waals surface area contributed by atoms with E-state index in [1.807, 2.05) is 12.1 Å². The fourth-order valence-corrected chi connectivity index (χ4v) is 3.19. The predicted molar refractivity (Wildman–Crippen MR) is 117 cm³/mol. The number of amides is 1. The molecule has 0 saturated carbocycles. The Morgan fingerprint density at radius 3 is 2.63 bits per heavy atom. The maximum absolute atomic E-state index is 12.5. The summed E-state index contributed by atoms with van der Waals surface area (Å²) in [6.45, 7) is 0. The molecule has 0 radical (unpaired) electrons. The molecular formula is C22H16N2O5S. The van der Waals surface area contributed by atoms with Crippen LogP contribution in [0.15, 0.2) is 80.6 Å². The van der Waals surface area contributed by atoms with E-state index in [4.69, 9.17) is 25.8 Å². The van der Waals surface area contributed by atoms with Crippen LogP contribution in [0.4, 0.5) is 5.69 Å². The van der Waals surface area contributed by atoms with Gasteiger partial charge in [0.05, 0.1) is 18.9 Å². The quantitative estimate of drug-likeness (QED) is 0.378. The van der Waals surface area contributed by atoms with Crippen LogP contribution in [0.25, 0.3) is 22.1 Å². The van der Waals surface area contributed by atoms with Gasteiger partial charge in [0, 0.05) is 22.7 Å². The number of nitrogens with one attached hydrogen (secondary N) is 2. The Hall–Kier alpha value is -3.91. The lowest BCUT2D eigenvalue weighted by Crippen LogP contribution is -2.33. The molecule has 0 aliphatic heterocycles. The maximum atomic E-state index is 12.5. The number of benzene rings is 2. The van der Waals surface area contributed by atoms with Gasteiger partial charge in [-0.2, -0.15) is 0 Å². The van der Waals surface area contributed by atoms with Crippen molar-refractivity contribution < 1.29 is 18.4 Å². The molecule has 30 heavy (non-hydrogen) atoms. The Kier molecular flexibility index (Phi) is 5.32. The van der Waals surface area contributed by atoms with E-state index in [1.165, 1.54) is 19.4 Å². The Morgan fingerprint density at radius 1 is 1.03 bits per heavy atom. The molecule has 0 unspecified atom stereocenters. The van der Waals surface area contributed by atoms with E-state index in [0.717, 1.165) is 5.39 Å². The average molecular weight is 420 g/mol. The largest absolute Gasteiger partial charge is 0.496 e. The minimum absolute atomic E-state index is 0.0939. The predicted octanol–water partition coefficient (Wildman–Crippen LogP) is 4.19. The number of carbonyl (C=O) groups is 1. The van der Waals surface area contributed by atoms with Gasteiger partial charge in [0.2, 0.25) is 0 Å². The number of ether oxygens (including phenoxy) is 1. The molecule has 150 valence electrons. The van der Waals surface area contributed by atoms with Gasteiger partial charge in [-0.25, -0.2) is 4.79 Å². The summed E-state index contributed by atoms with van der Waals surface area (Å²) in [5.41, 5.74) is 1.58. The normalized spacial score (nSPS) is 10.6. The highest BCUT2D eigenvalue weighted by atomic mass is 32.1. The van der Waals surface area contributed by atoms with Gasteiger partial charge in [-0.1, -0.05) is 18.2 Å². The van der Waals surface area contributed by atoms with Crippen LogP contribution in [0.5, 0.6) is 5.75 Å². The van der Waals surface area contributed by atoms with Crippen LogP contribution in [0.2, 0.25) is 0 Å². The Labute approximate surface area is 176 Å². The summed E-state index contributed by atoms with van der Waals surface area (Å²) in [6, 6.07) is 17.3. The summed E-state index contributed by atoms with van der Waals surface area (Å²) >= 11 is 5.18. The molecule has 0 atom stereocenters. The molecule has 4 rings (SSSR count). The zero-order chi connectivity index (χ0) is 21.1. The van der Waals surface area contributed by atoms with Gasteiger partial charge in [-0.3, -0.25) is 10.1 Å². The molecule has 0 spiro atoms. The van der Waals surface area contributed by atoms with Gasteiger partial charge in [0.1, 0.15) is 11.3 Å². The fourth-order valence-electron chi connectivity index (χ4n) is 2.98. The van der Waals surface area contributed by atoms with Crippen molar-refractivity contribution in [3.63, 3.8) is 0 Å². The Bertz CT molecular complexity index is 1290. The smallest absolute Gasteiger partial charge is 0.344 e. The molecule has 1 amide bonds. The highest BCUT2D eigenvalue weighted by molar-refractivity contribution is 7.80. The van der Waals surface area contributed by atoms with Gasteiger partial charge < -0.3 is 18.9 Å². The van der Waals surface area contributed by atoms with Gasteiger partial charge in [0.25, 0.3) is 5.91 Å². The first kappa shape index (κ1) is 19.4. The number of hydrogen-bond acceptors (Lipinski definition) is 6. The average Bonchev–Trinajstić information content (AvgIpc) is 3.28. The van der Waals surface area contributed by atoms with Crippen molar-refractivity contribution in [3.8, 4) is 16.9 Å². The van der Waals surface area contributed by atoms with Crippen LogP contribution in [-0.4, -0.2) is 18.1 Å². The van der Waals surface area contributed by atoms with E-state index in [-0.39, 0.29) is 10.9 Å². The topological polar surface area (TPSA) is 93.7 Å². The van der Waals surface area contributed by atoms with Crippen LogP contribution < -0.4 is 21.0 Å². The standard InChI is InChI=1S/C22H16N2O5S/c1-27-19-12-14(23-22(30)24-20(25)18-7-4-10-28-18)8-9-15(19)16-11-13-5-2-3-6-17(13)29-21(16)26/h2-12H,1H3,(H2,23,24,25,30). The molecule has 0 aliphatic rings. The van der Waals surface area contributed by atoms with Crippen LogP contribution in [-0.2, 0) is 0 Å². The molecule has 2 aromatic carbocycles.